The molecule has 7 heteroatoms. The maximum Gasteiger partial charge on any atom is 0.319 e. The quantitative estimate of drug-likeness (QED) is 0.771. The van der Waals surface area contributed by atoms with Gasteiger partial charge in [-0.25, -0.2) is 4.79 Å². The molecule has 1 aromatic rings. The standard InChI is InChI=1S/C13H14BrClN2O3/c14-11-8(15)4-2-6-10(11)17-13(20)16-9-5-1-3-7(9)12(18)19/h2,4,6-7,9H,1,3,5H2,(H,18,19)(H2,16,17,20). The summed E-state index contributed by atoms with van der Waals surface area (Å²) in [5.41, 5.74) is 0.542. The van der Waals surface area contributed by atoms with Crippen molar-refractivity contribution in [1.29, 1.82) is 0 Å². The molecule has 0 aromatic heterocycles. The van der Waals surface area contributed by atoms with Crippen molar-refractivity contribution in [2.45, 2.75) is 25.3 Å². The van der Waals surface area contributed by atoms with Gasteiger partial charge >= 0.3 is 12.0 Å². The SMILES string of the molecule is O=C(Nc1cccc(Cl)c1Br)NC1CCCC1C(=O)O. The number of carboxylic acids is 1. The molecule has 0 heterocycles. The highest BCUT2D eigenvalue weighted by Crippen LogP contribution is 2.30. The predicted molar refractivity (Wildman–Crippen MR) is 80.1 cm³/mol. The molecule has 2 atom stereocenters. The second-order valence-corrected chi connectivity index (χ2v) is 5.88. The first-order chi connectivity index (χ1) is 9.49. The van der Waals surface area contributed by atoms with E-state index in [1.54, 1.807) is 18.2 Å². The van der Waals surface area contributed by atoms with Gasteiger partial charge in [0.1, 0.15) is 0 Å². The Hall–Kier alpha value is -1.27. The molecule has 2 unspecified atom stereocenters. The summed E-state index contributed by atoms with van der Waals surface area (Å²) >= 11 is 9.22. The van der Waals surface area contributed by atoms with Gasteiger partial charge < -0.3 is 15.7 Å². The Bertz CT molecular complexity index is 538. The van der Waals surface area contributed by atoms with Gasteiger partial charge in [-0.2, -0.15) is 0 Å². The Morgan fingerprint density at radius 2 is 2.10 bits per heavy atom. The lowest BCUT2D eigenvalue weighted by Gasteiger charge is -2.18. The van der Waals surface area contributed by atoms with Gasteiger partial charge in [0.05, 0.1) is 21.1 Å². The monoisotopic (exact) mass is 360 g/mol. The Morgan fingerprint density at radius 3 is 2.80 bits per heavy atom. The van der Waals surface area contributed by atoms with E-state index < -0.39 is 17.9 Å². The molecule has 0 bridgehead atoms. The molecule has 108 valence electrons. The number of carbonyl (C=O) groups excluding carboxylic acids is 1. The second-order valence-electron chi connectivity index (χ2n) is 4.68. The topological polar surface area (TPSA) is 78.4 Å². The summed E-state index contributed by atoms with van der Waals surface area (Å²) in [4.78, 5) is 23.0. The summed E-state index contributed by atoms with van der Waals surface area (Å²) < 4.78 is 0.595. The molecule has 3 N–H and O–H groups in total. The molecule has 1 aliphatic rings. The predicted octanol–water partition coefficient (Wildman–Crippen LogP) is 3.48. The summed E-state index contributed by atoms with van der Waals surface area (Å²) in [5, 5.41) is 14.9. The van der Waals surface area contributed by atoms with Crippen LogP contribution in [0.2, 0.25) is 5.02 Å². The van der Waals surface area contributed by atoms with E-state index in [0.29, 0.717) is 28.0 Å². The smallest absolute Gasteiger partial charge is 0.319 e. The molecule has 0 aliphatic heterocycles. The molecule has 0 saturated heterocycles. The van der Waals surface area contributed by atoms with Crippen LogP contribution in [0.5, 0.6) is 0 Å². The fraction of sp³-hybridized carbons (Fsp3) is 0.385. The summed E-state index contributed by atoms with van der Waals surface area (Å²) in [6, 6.07) is 4.38. The number of amides is 2. The average molecular weight is 362 g/mol. The zero-order valence-electron chi connectivity index (χ0n) is 10.5. The summed E-state index contributed by atoms with van der Waals surface area (Å²) in [6.45, 7) is 0. The lowest BCUT2D eigenvalue weighted by atomic mass is 10.0. The molecule has 2 amide bonds. The van der Waals surface area contributed by atoms with Gasteiger partial charge in [0, 0.05) is 6.04 Å². The highest BCUT2D eigenvalue weighted by Gasteiger charge is 2.33. The van der Waals surface area contributed by atoms with Gasteiger partial charge in [-0.1, -0.05) is 24.1 Å². The second kappa shape index (κ2) is 6.45. The van der Waals surface area contributed by atoms with Crippen LogP contribution in [0.4, 0.5) is 10.5 Å². The Kier molecular flexibility index (Phi) is 4.88. The molecular weight excluding hydrogens is 348 g/mol. The van der Waals surface area contributed by atoms with Gasteiger partial charge in [-0.15, -0.1) is 0 Å². The Balaban J connectivity index is 1.99. The molecule has 2 rings (SSSR count). The van der Waals surface area contributed by atoms with E-state index in [-0.39, 0.29) is 6.04 Å². The van der Waals surface area contributed by atoms with Crippen LogP contribution in [0, 0.1) is 5.92 Å². The number of hydrogen-bond acceptors (Lipinski definition) is 2. The first kappa shape index (κ1) is 15.1. The van der Waals surface area contributed by atoms with Crippen LogP contribution < -0.4 is 10.6 Å². The van der Waals surface area contributed by atoms with E-state index in [9.17, 15) is 9.59 Å². The maximum absolute atomic E-state index is 11.9. The number of urea groups is 1. The van der Waals surface area contributed by atoms with Gasteiger partial charge in [0.2, 0.25) is 0 Å². The van der Waals surface area contributed by atoms with Crippen LogP contribution in [0.25, 0.3) is 0 Å². The number of carbonyl (C=O) groups is 2. The van der Waals surface area contributed by atoms with Crippen molar-refractivity contribution in [3.05, 3.63) is 27.7 Å². The molecule has 1 aliphatic carbocycles. The van der Waals surface area contributed by atoms with Gasteiger partial charge in [-0.3, -0.25) is 4.79 Å². The van der Waals surface area contributed by atoms with Crippen LogP contribution in [0.3, 0.4) is 0 Å². The third-order valence-corrected chi connectivity index (χ3v) is 4.75. The van der Waals surface area contributed by atoms with Crippen LogP contribution in [-0.4, -0.2) is 23.1 Å². The molecule has 0 radical (unpaired) electrons. The van der Waals surface area contributed by atoms with Crippen molar-refractivity contribution in [2.75, 3.05) is 5.32 Å². The third-order valence-electron chi connectivity index (χ3n) is 3.35. The Labute approximate surface area is 129 Å². The first-order valence-corrected chi connectivity index (χ1v) is 7.40. The van der Waals surface area contributed by atoms with Gasteiger partial charge in [0.15, 0.2) is 0 Å². The minimum Gasteiger partial charge on any atom is -0.481 e. The number of benzene rings is 1. The van der Waals surface area contributed by atoms with Crippen molar-refractivity contribution < 1.29 is 14.7 Å². The lowest BCUT2D eigenvalue weighted by Crippen LogP contribution is -2.42. The number of aliphatic carboxylic acids is 1. The van der Waals surface area contributed by atoms with Crippen LogP contribution >= 0.6 is 27.5 Å². The van der Waals surface area contributed by atoms with Crippen molar-refractivity contribution in [3.8, 4) is 0 Å². The van der Waals surface area contributed by atoms with Crippen LogP contribution in [0.1, 0.15) is 19.3 Å². The fourth-order valence-corrected chi connectivity index (χ4v) is 2.89. The van der Waals surface area contributed by atoms with Crippen LogP contribution in [0.15, 0.2) is 22.7 Å². The maximum atomic E-state index is 11.9. The summed E-state index contributed by atoms with van der Waals surface area (Å²) in [7, 11) is 0. The number of carboxylic acid groups (broad SMARTS) is 1. The van der Waals surface area contributed by atoms with Crippen molar-refractivity contribution >= 4 is 45.2 Å². The van der Waals surface area contributed by atoms with E-state index in [4.69, 9.17) is 16.7 Å². The molecule has 1 saturated carbocycles. The lowest BCUT2D eigenvalue weighted by molar-refractivity contribution is -0.142. The number of rotatable bonds is 3. The first-order valence-electron chi connectivity index (χ1n) is 6.23. The van der Waals surface area contributed by atoms with Gasteiger partial charge in [0.25, 0.3) is 0 Å². The van der Waals surface area contributed by atoms with Crippen LogP contribution in [-0.2, 0) is 4.79 Å². The van der Waals surface area contributed by atoms with E-state index in [2.05, 4.69) is 26.6 Å². The third kappa shape index (κ3) is 3.43. The number of hydrogen-bond donors (Lipinski definition) is 3. The molecule has 5 nitrogen and oxygen atoms in total. The minimum atomic E-state index is -0.864. The number of anilines is 1. The van der Waals surface area contributed by atoms with Gasteiger partial charge in [-0.05, 0) is 40.9 Å². The van der Waals surface area contributed by atoms with E-state index in [1.165, 1.54) is 0 Å². The molecule has 20 heavy (non-hydrogen) atoms. The molecule has 0 spiro atoms. The molecular formula is C13H14BrClN2O3. The zero-order chi connectivity index (χ0) is 14.7. The highest BCUT2D eigenvalue weighted by molar-refractivity contribution is 9.10. The normalized spacial score (nSPS) is 21.5. The van der Waals surface area contributed by atoms with E-state index in [0.717, 1.165) is 6.42 Å². The zero-order valence-corrected chi connectivity index (χ0v) is 12.9. The van der Waals surface area contributed by atoms with Crippen molar-refractivity contribution in [3.63, 3.8) is 0 Å². The van der Waals surface area contributed by atoms with Crippen molar-refractivity contribution in [1.82, 2.24) is 5.32 Å². The molecule has 1 aromatic carbocycles. The van der Waals surface area contributed by atoms with E-state index in [1.807, 2.05) is 0 Å². The average Bonchev–Trinajstić information content (AvgIpc) is 2.83. The number of nitrogens with one attached hydrogen (secondary N) is 2. The molecule has 1 fully saturated rings. The largest absolute Gasteiger partial charge is 0.481 e. The fourth-order valence-electron chi connectivity index (χ4n) is 2.36. The summed E-state index contributed by atoms with van der Waals surface area (Å²) in [6.07, 6.45) is 2.09. The number of halogens is 2. The van der Waals surface area contributed by atoms with E-state index >= 15 is 0 Å². The highest BCUT2D eigenvalue weighted by atomic mass is 79.9. The summed E-state index contributed by atoms with van der Waals surface area (Å²) in [5.74, 6) is -1.37. The minimum absolute atomic E-state index is 0.328. The Morgan fingerprint density at radius 1 is 1.35 bits per heavy atom. The van der Waals surface area contributed by atoms with Crippen molar-refractivity contribution in [2.24, 2.45) is 5.92 Å².